The highest BCUT2D eigenvalue weighted by Gasteiger charge is 2.33. The van der Waals surface area contributed by atoms with Gasteiger partial charge < -0.3 is 10.2 Å². The number of carbonyl (C=O) groups is 1. The van der Waals surface area contributed by atoms with Gasteiger partial charge in [-0.05, 0) is 38.2 Å². The van der Waals surface area contributed by atoms with Crippen LogP contribution in [-0.2, 0) is 0 Å². The summed E-state index contributed by atoms with van der Waals surface area (Å²) in [4.78, 5) is 18.9. The van der Waals surface area contributed by atoms with Gasteiger partial charge in [-0.2, -0.15) is 0 Å². The van der Waals surface area contributed by atoms with E-state index in [9.17, 15) is 4.79 Å². The Morgan fingerprint density at radius 1 is 1.50 bits per heavy atom. The molecule has 1 heterocycles. The van der Waals surface area contributed by atoms with Gasteiger partial charge in [0, 0.05) is 31.5 Å². The van der Waals surface area contributed by atoms with Crippen molar-refractivity contribution in [2.75, 3.05) is 18.4 Å². The van der Waals surface area contributed by atoms with Gasteiger partial charge in [-0.3, -0.25) is 9.78 Å². The Balaban J connectivity index is 2.14. The molecule has 0 aliphatic heterocycles. The summed E-state index contributed by atoms with van der Waals surface area (Å²) in [6, 6.07) is 2.32. The first-order chi connectivity index (χ1) is 9.63. The van der Waals surface area contributed by atoms with Crippen molar-refractivity contribution >= 4 is 11.6 Å². The standard InChI is InChI=1S/C16H25N3O/c1-4-18-15-7-9-17-11-14(15)16(20)19(13-5-6-13)10-8-12(2)3/h7,9,11-13H,4-6,8,10H2,1-3H3,(H,17,18). The van der Waals surface area contributed by atoms with Crippen LogP contribution in [-0.4, -0.2) is 34.9 Å². The van der Waals surface area contributed by atoms with Crippen molar-refractivity contribution in [1.29, 1.82) is 0 Å². The van der Waals surface area contributed by atoms with Crippen LogP contribution in [0.1, 0.15) is 50.4 Å². The summed E-state index contributed by atoms with van der Waals surface area (Å²) in [5, 5.41) is 3.25. The molecule has 0 radical (unpaired) electrons. The topological polar surface area (TPSA) is 45.2 Å². The fourth-order valence-electron chi connectivity index (χ4n) is 2.30. The maximum absolute atomic E-state index is 12.8. The largest absolute Gasteiger partial charge is 0.385 e. The molecule has 0 spiro atoms. The minimum absolute atomic E-state index is 0.122. The Morgan fingerprint density at radius 2 is 2.25 bits per heavy atom. The highest BCUT2D eigenvalue weighted by Crippen LogP contribution is 2.30. The lowest BCUT2D eigenvalue weighted by molar-refractivity contribution is 0.0736. The third-order valence-corrected chi connectivity index (χ3v) is 3.61. The molecule has 1 aromatic heterocycles. The zero-order valence-electron chi connectivity index (χ0n) is 12.7. The molecular weight excluding hydrogens is 250 g/mol. The molecule has 2 rings (SSSR count). The van der Waals surface area contributed by atoms with Crippen LogP contribution in [0.4, 0.5) is 5.69 Å². The van der Waals surface area contributed by atoms with Crippen LogP contribution in [0.25, 0.3) is 0 Å². The van der Waals surface area contributed by atoms with Crippen molar-refractivity contribution in [2.45, 2.75) is 46.1 Å². The number of amides is 1. The van der Waals surface area contributed by atoms with Crippen molar-refractivity contribution in [3.63, 3.8) is 0 Å². The number of nitrogens with zero attached hydrogens (tertiary/aromatic N) is 2. The molecule has 20 heavy (non-hydrogen) atoms. The van der Waals surface area contributed by atoms with E-state index in [1.807, 2.05) is 17.9 Å². The van der Waals surface area contributed by atoms with Gasteiger partial charge >= 0.3 is 0 Å². The van der Waals surface area contributed by atoms with E-state index < -0.39 is 0 Å². The minimum atomic E-state index is 0.122. The third-order valence-electron chi connectivity index (χ3n) is 3.61. The van der Waals surface area contributed by atoms with E-state index in [0.29, 0.717) is 17.5 Å². The Bertz CT molecular complexity index is 455. The van der Waals surface area contributed by atoms with E-state index in [-0.39, 0.29) is 5.91 Å². The number of aromatic nitrogens is 1. The molecule has 1 aromatic rings. The predicted octanol–water partition coefficient (Wildman–Crippen LogP) is 3.16. The van der Waals surface area contributed by atoms with Gasteiger partial charge in [0.25, 0.3) is 5.91 Å². The first-order valence-corrected chi connectivity index (χ1v) is 7.62. The second-order valence-corrected chi connectivity index (χ2v) is 5.86. The lowest BCUT2D eigenvalue weighted by Crippen LogP contribution is -2.35. The normalized spacial score (nSPS) is 14.4. The van der Waals surface area contributed by atoms with Crippen molar-refractivity contribution in [3.8, 4) is 0 Å². The predicted molar refractivity (Wildman–Crippen MR) is 81.9 cm³/mol. The number of rotatable bonds is 7. The van der Waals surface area contributed by atoms with Gasteiger partial charge in [0.2, 0.25) is 0 Å². The van der Waals surface area contributed by atoms with Crippen molar-refractivity contribution < 1.29 is 4.79 Å². The van der Waals surface area contributed by atoms with E-state index in [0.717, 1.165) is 38.0 Å². The van der Waals surface area contributed by atoms with E-state index >= 15 is 0 Å². The van der Waals surface area contributed by atoms with E-state index in [1.165, 1.54) is 0 Å². The highest BCUT2D eigenvalue weighted by atomic mass is 16.2. The average Bonchev–Trinajstić information content (AvgIpc) is 3.24. The lowest BCUT2D eigenvalue weighted by Gasteiger charge is -2.24. The molecule has 0 unspecified atom stereocenters. The lowest BCUT2D eigenvalue weighted by atomic mass is 10.1. The van der Waals surface area contributed by atoms with Crippen LogP contribution >= 0.6 is 0 Å². The molecule has 1 amide bonds. The van der Waals surface area contributed by atoms with E-state index in [1.54, 1.807) is 12.4 Å². The number of carbonyl (C=O) groups excluding carboxylic acids is 1. The Morgan fingerprint density at radius 3 is 2.85 bits per heavy atom. The molecule has 1 fully saturated rings. The fourth-order valence-corrected chi connectivity index (χ4v) is 2.30. The fraction of sp³-hybridized carbons (Fsp3) is 0.625. The summed E-state index contributed by atoms with van der Waals surface area (Å²) >= 11 is 0. The summed E-state index contributed by atoms with van der Waals surface area (Å²) in [7, 11) is 0. The van der Waals surface area contributed by atoms with Gasteiger partial charge in [-0.25, -0.2) is 0 Å². The number of hydrogen-bond acceptors (Lipinski definition) is 3. The van der Waals surface area contributed by atoms with E-state index in [4.69, 9.17) is 0 Å². The maximum atomic E-state index is 12.8. The molecule has 110 valence electrons. The average molecular weight is 275 g/mol. The van der Waals surface area contributed by atoms with Gasteiger partial charge in [-0.15, -0.1) is 0 Å². The van der Waals surface area contributed by atoms with Crippen molar-refractivity contribution in [3.05, 3.63) is 24.0 Å². The quantitative estimate of drug-likeness (QED) is 0.831. The van der Waals surface area contributed by atoms with Crippen LogP contribution in [0.15, 0.2) is 18.5 Å². The van der Waals surface area contributed by atoms with Crippen LogP contribution < -0.4 is 5.32 Å². The number of pyridine rings is 1. The highest BCUT2D eigenvalue weighted by molar-refractivity contribution is 5.99. The molecule has 0 bridgehead atoms. The monoisotopic (exact) mass is 275 g/mol. The minimum Gasteiger partial charge on any atom is -0.385 e. The smallest absolute Gasteiger partial charge is 0.257 e. The van der Waals surface area contributed by atoms with Gasteiger partial charge in [0.05, 0.1) is 11.3 Å². The summed E-state index contributed by atoms with van der Waals surface area (Å²) < 4.78 is 0. The summed E-state index contributed by atoms with van der Waals surface area (Å²) in [5.74, 6) is 0.739. The van der Waals surface area contributed by atoms with Gasteiger partial charge in [-0.1, -0.05) is 13.8 Å². The molecule has 1 saturated carbocycles. The molecular formula is C16H25N3O. The Hall–Kier alpha value is -1.58. The second-order valence-electron chi connectivity index (χ2n) is 5.86. The second kappa shape index (κ2) is 6.73. The van der Waals surface area contributed by atoms with Crippen LogP contribution in [0.3, 0.4) is 0 Å². The Kier molecular flexibility index (Phi) is 4.99. The van der Waals surface area contributed by atoms with Crippen LogP contribution in [0.5, 0.6) is 0 Å². The molecule has 0 atom stereocenters. The Labute approximate surface area is 121 Å². The van der Waals surface area contributed by atoms with Crippen LogP contribution in [0.2, 0.25) is 0 Å². The van der Waals surface area contributed by atoms with Gasteiger partial charge in [0.1, 0.15) is 0 Å². The molecule has 1 aliphatic carbocycles. The zero-order valence-corrected chi connectivity index (χ0v) is 12.7. The summed E-state index contributed by atoms with van der Waals surface area (Å²) in [6.45, 7) is 8.08. The number of hydrogen-bond donors (Lipinski definition) is 1. The first-order valence-electron chi connectivity index (χ1n) is 7.62. The van der Waals surface area contributed by atoms with Gasteiger partial charge in [0.15, 0.2) is 0 Å². The van der Waals surface area contributed by atoms with E-state index in [2.05, 4.69) is 24.1 Å². The first kappa shape index (κ1) is 14.8. The molecule has 1 aliphatic rings. The molecule has 1 N–H and O–H groups in total. The molecule has 0 aromatic carbocycles. The number of nitrogens with one attached hydrogen (secondary N) is 1. The summed E-state index contributed by atoms with van der Waals surface area (Å²) in [5.41, 5.74) is 1.59. The third kappa shape index (κ3) is 3.71. The summed E-state index contributed by atoms with van der Waals surface area (Å²) in [6.07, 6.45) is 6.75. The molecule has 0 saturated heterocycles. The van der Waals surface area contributed by atoms with Crippen LogP contribution in [0, 0.1) is 5.92 Å². The SMILES string of the molecule is CCNc1ccncc1C(=O)N(CCC(C)C)C1CC1. The zero-order chi connectivity index (χ0) is 14.5. The molecule has 4 heteroatoms. The van der Waals surface area contributed by atoms with Crippen molar-refractivity contribution in [2.24, 2.45) is 5.92 Å². The molecule has 4 nitrogen and oxygen atoms in total. The maximum Gasteiger partial charge on any atom is 0.257 e. The van der Waals surface area contributed by atoms with Crippen molar-refractivity contribution in [1.82, 2.24) is 9.88 Å². The number of anilines is 1.